The van der Waals surface area contributed by atoms with Crippen LogP contribution in [0.1, 0.15) is 32.6 Å². The molecule has 0 aliphatic heterocycles. The molecule has 0 aromatic heterocycles. The molecule has 0 amide bonds. The quantitative estimate of drug-likeness (QED) is 0.415. The second-order valence-electron chi connectivity index (χ2n) is 7.05. The lowest BCUT2D eigenvalue weighted by Crippen LogP contribution is -2.12. The van der Waals surface area contributed by atoms with Crippen molar-refractivity contribution in [3.8, 4) is 23.0 Å². The fraction of sp³-hybridized carbons (Fsp3) is 0.240. The molecule has 5 nitrogen and oxygen atoms in total. The maximum absolute atomic E-state index is 13.7. The summed E-state index contributed by atoms with van der Waals surface area (Å²) in [4.78, 5) is 13.7. The first-order valence-corrected chi connectivity index (χ1v) is 10.1. The van der Waals surface area contributed by atoms with E-state index in [0.29, 0.717) is 39.1 Å². The van der Waals surface area contributed by atoms with Gasteiger partial charge in [-0.3, -0.25) is 4.79 Å². The first kappa shape index (κ1) is 22.5. The Hall–Kier alpha value is -3.18. The fourth-order valence-electron chi connectivity index (χ4n) is 3.36. The highest BCUT2D eigenvalue weighted by Crippen LogP contribution is 2.44. The van der Waals surface area contributed by atoms with Crippen LogP contribution in [0.5, 0.6) is 23.0 Å². The van der Waals surface area contributed by atoms with Gasteiger partial charge in [0, 0.05) is 0 Å². The van der Waals surface area contributed by atoms with Crippen LogP contribution in [0.4, 0.5) is 0 Å². The van der Waals surface area contributed by atoms with Gasteiger partial charge in [0.2, 0.25) is 11.5 Å². The number of halogens is 1. The van der Waals surface area contributed by atoms with E-state index in [9.17, 15) is 4.79 Å². The van der Waals surface area contributed by atoms with Gasteiger partial charge in [-0.15, -0.1) is 0 Å². The Labute approximate surface area is 187 Å². The Morgan fingerprint density at radius 2 is 1.52 bits per heavy atom. The number of ketones is 1. The molecule has 162 valence electrons. The molecule has 0 saturated carbocycles. The van der Waals surface area contributed by atoms with Gasteiger partial charge in [-0.05, 0) is 43.2 Å². The minimum atomic E-state index is -0.320. The minimum Gasteiger partial charge on any atom is -0.496 e. The lowest BCUT2D eigenvalue weighted by atomic mass is 9.96. The molecule has 0 aliphatic carbocycles. The molecule has 0 fully saturated rings. The minimum absolute atomic E-state index is 0.253. The molecular weight excluding hydrogens is 416 g/mol. The molecule has 0 saturated heterocycles. The van der Waals surface area contributed by atoms with Crippen molar-refractivity contribution >= 4 is 17.4 Å². The second-order valence-corrected chi connectivity index (χ2v) is 7.46. The summed E-state index contributed by atoms with van der Waals surface area (Å²) in [7, 11) is 4.55. The monoisotopic (exact) mass is 440 g/mol. The zero-order valence-corrected chi connectivity index (χ0v) is 19.0. The van der Waals surface area contributed by atoms with Crippen molar-refractivity contribution in [2.24, 2.45) is 0 Å². The summed E-state index contributed by atoms with van der Waals surface area (Å²) in [5.74, 6) is 1.18. The molecule has 0 N–H and O–H groups in total. The molecule has 3 aromatic carbocycles. The van der Waals surface area contributed by atoms with Crippen molar-refractivity contribution in [1.29, 1.82) is 0 Å². The van der Waals surface area contributed by atoms with Crippen LogP contribution in [0.25, 0.3) is 0 Å². The Bertz CT molecular complexity index is 1090. The molecule has 0 bridgehead atoms. The number of hydrogen-bond acceptors (Lipinski definition) is 5. The van der Waals surface area contributed by atoms with Crippen LogP contribution in [-0.4, -0.2) is 27.1 Å². The number of hydrogen-bond donors (Lipinski definition) is 0. The summed E-state index contributed by atoms with van der Waals surface area (Å²) >= 11 is 6.38. The van der Waals surface area contributed by atoms with Crippen LogP contribution >= 0.6 is 11.6 Å². The predicted octanol–water partition coefficient (Wildman–Crippen LogP) is 5.79. The summed E-state index contributed by atoms with van der Waals surface area (Å²) in [5, 5.41) is 0.294. The maximum atomic E-state index is 13.7. The smallest absolute Gasteiger partial charge is 0.204 e. The predicted molar refractivity (Wildman–Crippen MR) is 121 cm³/mol. The molecule has 6 heteroatoms. The Kier molecular flexibility index (Phi) is 7.08. The van der Waals surface area contributed by atoms with E-state index in [-0.39, 0.29) is 18.0 Å². The normalized spacial score (nSPS) is 10.5. The van der Waals surface area contributed by atoms with Crippen LogP contribution in [0.3, 0.4) is 0 Å². The highest BCUT2D eigenvalue weighted by molar-refractivity contribution is 6.35. The van der Waals surface area contributed by atoms with Gasteiger partial charge in [-0.2, -0.15) is 0 Å². The number of carbonyl (C=O) groups is 1. The number of aryl methyl sites for hydroxylation is 2. The third-order valence-corrected chi connectivity index (χ3v) is 5.29. The van der Waals surface area contributed by atoms with Crippen molar-refractivity contribution in [3.63, 3.8) is 0 Å². The zero-order chi connectivity index (χ0) is 22.5. The van der Waals surface area contributed by atoms with Gasteiger partial charge in [0.15, 0.2) is 11.5 Å². The van der Waals surface area contributed by atoms with Crippen LogP contribution in [0.15, 0.2) is 48.5 Å². The number of methoxy groups -OCH3 is 3. The van der Waals surface area contributed by atoms with Gasteiger partial charge in [-0.25, -0.2) is 0 Å². The van der Waals surface area contributed by atoms with E-state index in [0.717, 1.165) is 11.1 Å². The van der Waals surface area contributed by atoms with Gasteiger partial charge >= 0.3 is 0 Å². The summed E-state index contributed by atoms with van der Waals surface area (Å²) in [5.41, 5.74) is 3.39. The van der Waals surface area contributed by atoms with E-state index in [4.69, 9.17) is 30.5 Å². The summed E-state index contributed by atoms with van der Waals surface area (Å²) in [6, 6.07) is 14.8. The lowest BCUT2D eigenvalue weighted by molar-refractivity contribution is 0.103. The van der Waals surface area contributed by atoms with Crippen molar-refractivity contribution in [2.75, 3.05) is 21.3 Å². The second kappa shape index (κ2) is 9.75. The first-order chi connectivity index (χ1) is 14.9. The van der Waals surface area contributed by atoms with E-state index < -0.39 is 0 Å². The van der Waals surface area contributed by atoms with Gasteiger partial charge in [0.05, 0.1) is 37.5 Å². The zero-order valence-electron chi connectivity index (χ0n) is 18.2. The third kappa shape index (κ3) is 4.62. The molecule has 0 atom stereocenters. The molecule has 0 spiro atoms. The topological polar surface area (TPSA) is 54.0 Å². The Morgan fingerprint density at radius 3 is 2.13 bits per heavy atom. The summed E-state index contributed by atoms with van der Waals surface area (Å²) in [6.45, 7) is 4.09. The molecule has 0 radical (unpaired) electrons. The molecule has 0 heterocycles. The van der Waals surface area contributed by atoms with Crippen molar-refractivity contribution in [2.45, 2.75) is 20.5 Å². The molecule has 31 heavy (non-hydrogen) atoms. The molecule has 3 rings (SSSR count). The SMILES string of the molecule is COc1cc(C)c(C(=O)c2c(Cl)cccc2OC)c(OCc2ccc(C)cc2)c1OC. The highest BCUT2D eigenvalue weighted by Gasteiger charge is 2.28. The molecule has 0 aliphatic rings. The van der Waals surface area contributed by atoms with Crippen LogP contribution in [-0.2, 0) is 6.61 Å². The molecule has 0 unspecified atom stereocenters. The fourth-order valence-corrected chi connectivity index (χ4v) is 3.61. The summed E-state index contributed by atoms with van der Waals surface area (Å²) in [6.07, 6.45) is 0. The van der Waals surface area contributed by atoms with Crippen molar-refractivity contribution in [1.82, 2.24) is 0 Å². The van der Waals surface area contributed by atoms with E-state index in [1.807, 2.05) is 38.1 Å². The number of rotatable bonds is 8. The molecule has 3 aromatic rings. The van der Waals surface area contributed by atoms with E-state index in [2.05, 4.69) is 0 Å². The van der Waals surface area contributed by atoms with Gasteiger partial charge in [-0.1, -0.05) is 47.5 Å². The van der Waals surface area contributed by atoms with Gasteiger partial charge in [0.25, 0.3) is 0 Å². The van der Waals surface area contributed by atoms with Gasteiger partial charge < -0.3 is 18.9 Å². The lowest BCUT2D eigenvalue weighted by Gasteiger charge is -2.20. The van der Waals surface area contributed by atoms with E-state index in [1.54, 1.807) is 31.4 Å². The van der Waals surface area contributed by atoms with E-state index >= 15 is 0 Å². The number of ether oxygens (including phenoxy) is 4. The van der Waals surface area contributed by atoms with Crippen LogP contribution in [0, 0.1) is 13.8 Å². The third-order valence-electron chi connectivity index (χ3n) is 4.98. The van der Waals surface area contributed by atoms with Crippen molar-refractivity contribution < 1.29 is 23.7 Å². The number of carbonyl (C=O) groups excluding carboxylic acids is 1. The average Bonchev–Trinajstić information content (AvgIpc) is 2.77. The largest absolute Gasteiger partial charge is 0.496 e. The number of benzene rings is 3. The Morgan fingerprint density at radius 1 is 0.839 bits per heavy atom. The highest BCUT2D eigenvalue weighted by atomic mass is 35.5. The van der Waals surface area contributed by atoms with Crippen molar-refractivity contribution in [3.05, 3.63) is 81.4 Å². The maximum Gasteiger partial charge on any atom is 0.204 e. The van der Waals surface area contributed by atoms with E-state index in [1.165, 1.54) is 14.2 Å². The first-order valence-electron chi connectivity index (χ1n) is 9.72. The van der Waals surface area contributed by atoms with Crippen LogP contribution in [0.2, 0.25) is 5.02 Å². The molecular formula is C25H25ClO5. The summed E-state index contributed by atoms with van der Waals surface area (Å²) < 4.78 is 22.6. The Balaban J connectivity index is 2.15. The average molecular weight is 441 g/mol. The van der Waals surface area contributed by atoms with Crippen LogP contribution < -0.4 is 18.9 Å². The van der Waals surface area contributed by atoms with Gasteiger partial charge in [0.1, 0.15) is 12.4 Å². The standard InChI is InChI=1S/C25H25ClO5/c1-15-9-11-17(12-10-15)14-31-25-21(16(2)13-20(29-4)24(25)30-5)23(27)22-18(26)7-6-8-19(22)28-3/h6-13H,14H2,1-5H3.